The van der Waals surface area contributed by atoms with Crippen LogP contribution in [0.5, 0.6) is 0 Å². The molecule has 2 aliphatic rings. The summed E-state index contributed by atoms with van der Waals surface area (Å²) in [6, 6.07) is 13.0. The van der Waals surface area contributed by atoms with E-state index in [1.807, 2.05) is 55.1 Å². The Labute approximate surface area is 269 Å². The number of likely N-dealkylation sites (tertiary alicyclic amines) is 2. The van der Waals surface area contributed by atoms with Gasteiger partial charge in [-0.25, -0.2) is 0 Å². The summed E-state index contributed by atoms with van der Waals surface area (Å²) < 4.78 is 3.63. The molecule has 3 atom stereocenters. The van der Waals surface area contributed by atoms with Gasteiger partial charge in [-0.3, -0.25) is 23.7 Å². The third kappa shape index (κ3) is 6.84. The van der Waals surface area contributed by atoms with Crippen LogP contribution in [0.25, 0.3) is 22.0 Å². The number of amides is 3. The van der Waals surface area contributed by atoms with Crippen LogP contribution in [0.4, 0.5) is 0 Å². The van der Waals surface area contributed by atoms with Crippen LogP contribution in [0, 0.1) is 12.8 Å². The largest absolute Gasteiger partial charge is 0.350 e. The lowest BCUT2D eigenvalue weighted by molar-refractivity contribution is -0.140. The van der Waals surface area contributed by atoms with Crippen molar-refractivity contribution in [1.82, 2.24) is 34.7 Å². The summed E-state index contributed by atoms with van der Waals surface area (Å²) in [5.74, 6) is -0.316. The van der Waals surface area contributed by atoms with E-state index < -0.39 is 12.1 Å². The summed E-state index contributed by atoms with van der Waals surface area (Å²) >= 11 is 0. The first kappa shape index (κ1) is 31.5. The molecule has 3 N–H and O–H groups in total. The van der Waals surface area contributed by atoms with Gasteiger partial charge >= 0.3 is 0 Å². The number of aryl methyl sites for hydroxylation is 3. The number of nitrogens with one attached hydrogen (secondary N) is 1. The average Bonchev–Trinajstić information content (AvgIpc) is 3.87. The summed E-state index contributed by atoms with van der Waals surface area (Å²) in [7, 11) is 3.82. The quantitative estimate of drug-likeness (QED) is 0.279. The lowest BCUT2D eigenvalue weighted by atomic mass is 9.95. The first-order chi connectivity index (χ1) is 22.2. The number of carbonyl (C=O) groups excluding carboxylic acids is 3. The molecule has 2 saturated heterocycles. The normalized spacial score (nSPS) is 18.8. The number of carbonyl (C=O) groups is 3. The molecule has 11 nitrogen and oxygen atoms in total. The van der Waals surface area contributed by atoms with Crippen molar-refractivity contribution in [2.24, 2.45) is 25.7 Å². The van der Waals surface area contributed by atoms with Crippen molar-refractivity contribution in [3.05, 3.63) is 71.7 Å². The number of benzene rings is 2. The average molecular weight is 625 g/mol. The Morgan fingerprint density at radius 1 is 1.02 bits per heavy atom. The van der Waals surface area contributed by atoms with E-state index in [1.54, 1.807) is 9.58 Å². The Morgan fingerprint density at radius 2 is 1.76 bits per heavy atom. The molecule has 0 bridgehead atoms. The van der Waals surface area contributed by atoms with Crippen LogP contribution >= 0.6 is 0 Å². The molecule has 0 saturated carbocycles. The Morgan fingerprint density at radius 3 is 2.48 bits per heavy atom. The lowest BCUT2D eigenvalue weighted by Gasteiger charge is -2.27. The van der Waals surface area contributed by atoms with Crippen LogP contribution in [0.15, 0.2) is 54.9 Å². The monoisotopic (exact) mass is 624 g/mol. The molecule has 4 heterocycles. The second kappa shape index (κ2) is 13.5. The highest BCUT2D eigenvalue weighted by Gasteiger charge is 2.41. The van der Waals surface area contributed by atoms with Crippen LogP contribution in [-0.4, -0.2) is 78.8 Å². The molecule has 2 aromatic heterocycles. The van der Waals surface area contributed by atoms with E-state index in [4.69, 9.17) is 5.73 Å². The summed E-state index contributed by atoms with van der Waals surface area (Å²) in [5, 5.41) is 12.9. The molecule has 2 fully saturated rings. The van der Waals surface area contributed by atoms with Gasteiger partial charge in [0.25, 0.3) is 0 Å². The van der Waals surface area contributed by atoms with Crippen molar-refractivity contribution in [3.63, 3.8) is 0 Å². The fraction of sp³-hybridized carbons (Fsp3) is 0.457. The van der Waals surface area contributed by atoms with Gasteiger partial charge in [-0.2, -0.15) is 10.2 Å². The third-order valence-electron chi connectivity index (χ3n) is 9.50. The zero-order chi connectivity index (χ0) is 32.4. The van der Waals surface area contributed by atoms with Gasteiger partial charge in [0.05, 0.1) is 23.4 Å². The van der Waals surface area contributed by atoms with E-state index in [-0.39, 0.29) is 36.5 Å². The number of rotatable bonds is 10. The molecule has 242 valence electrons. The van der Waals surface area contributed by atoms with Crippen molar-refractivity contribution in [2.45, 2.75) is 64.1 Å². The second-order valence-electron chi connectivity index (χ2n) is 12.9. The number of nitrogens with zero attached hydrogens (tertiary/aromatic N) is 6. The van der Waals surface area contributed by atoms with E-state index in [0.29, 0.717) is 19.5 Å². The van der Waals surface area contributed by atoms with E-state index in [9.17, 15) is 14.4 Å². The van der Waals surface area contributed by atoms with Gasteiger partial charge in [0.15, 0.2) is 0 Å². The van der Waals surface area contributed by atoms with Crippen LogP contribution in [0.3, 0.4) is 0 Å². The molecule has 2 aliphatic heterocycles. The number of hydrogen-bond acceptors (Lipinski definition) is 6. The Kier molecular flexibility index (Phi) is 9.21. The molecule has 46 heavy (non-hydrogen) atoms. The van der Waals surface area contributed by atoms with Crippen LogP contribution in [-0.2, 0) is 41.4 Å². The SMILES string of the molecule is Cc1nn(C)c2ccc(CNC(=O)C3CC(Cc4ccc(-c5cnn(C)c5)cc4)CN3C(=O)C(N)CCC(=O)N3CCCC3)cc12. The standard InChI is InChI=1S/C35H44N8O3/c1-23-29-17-25(8-12-31(29)41(3)39-23)19-37-34(45)32-18-26(16-24-6-9-27(10-7-24)28-20-38-40(2)22-28)21-43(32)35(46)30(36)11-13-33(44)42-14-4-5-15-42/h6-10,12,17,20,22,26,30,32H,4-5,11,13-16,18-19,21,36H2,1-3H3,(H,37,45). The Hall–Kier alpha value is -4.51. The Bertz CT molecular complexity index is 1720. The zero-order valence-electron chi connectivity index (χ0n) is 27.0. The Balaban J connectivity index is 1.13. The summed E-state index contributed by atoms with van der Waals surface area (Å²) in [5.41, 5.74) is 12.6. The molecule has 3 unspecified atom stereocenters. The van der Waals surface area contributed by atoms with Gasteiger partial charge < -0.3 is 20.9 Å². The number of fused-ring (bicyclic) bond motifs is 1. The van der Waals surface area contributed by atoms with Gasteiger partial charge in [0.2, 0.25) is 17.7 Å². The highest BCUT2D eigenvalue weighted by Crippen LogP contribution is 2.29. The van der Waals surface area contributed by atoms with Crippen LogP contribution in [0.2, 0.25) is 0 Å². The van der Waals surface area contributed by atoms with Gasteiger partial charge in [0.1, 0.15) is 6.04 Å². The smallest absolute Gasteiger partial charge is 0.243 e. The van der Waals surface area contributed by atoms with Gasteiger partial charge in [-0.05, 0) is 73.8 Å². The van der Waals surface area contributed by atoms with E-state index in [1.165, 1.54) is 0 Å². The summed E-state index contributed by atoms with van der Waals surface area (Å²) in [4.78, 5) is 43.6. The molecule has 11 heteroatoms. The molecular formula is C35H44N8O3. The second-order valence-corrected chi connectivity index (χ2v) is 12.9. The van der Waals surface area contributed by atoms with Gasteiger partial charge in [-0.1, -0.05) is 30.3 Å². The van der Waals surface area contributed by atoms with Crippen molar-refractivity contribution in [2.75, 3.05) is 19.6 Å². The molecule has 6 rings (SSSR count). The van der Waals surface area contributed by atoms with Gasteiger partial charge in [-0.15, -0.1) is 0 Å². The number of hydrogen-bond donors (Lipinski definition) is 2. The minimum absolute atomic E-state index is 0.0462. The van der Waals surface area contributed by atoms with Crippen molar-refractivity contribution in [1.29, 1.82) is 0 Å². The maximum atomic E-state index is 13.7. The molecule has 0 aliphatic carbocycles. The van der Waals surface area contributed by atoms with Crippen LogP contribution in [0.1, 0.15) is 48.9 Å². The van der Waals surface area contributed by atoms with E-state index in [0.717, 1.165) is 71.2 Å². The first-order valence-electron chi connectivity index (χ1n) is 16.3. The number of aromatic nitrogens is 4. The molecular weight excluding hydrogens is 580 g/mol. The third-order valence-corrected chi connectivity index (χ3v) is 9.50. The fourth-order valence-electron chi connectivity index (χ4n) is 6.94. The summed E-state index contributed by atoms with van der Waals surface area (Å²) in [6.07, 6.45) is 7.65. The topological polar surface area (TPSA) is 131 Å². The highest BCUT2D eigenvalue weighted by atomic mass is 16.2. The van der Waals surface area contributed by atoms with E-state index in [2.05, 4.69) is 45.8 Å². The molecule has 0 radical (unpaired) electrons. The van der Waals surface area contributed by atoms with Gasteiger partial charge in [0, 0.05) is 63.8 Å². The predicted octanol–water partition coefficient (Wildman–Crippen LogP) is 3.09. The van der Waals surface area contributed by atoms with Crippen molar-refractivity contribution in [3.8, 4) is 11.1 Å². The fourth-order valence-corrected chi connectivity index (χ4v) is 6.94. The van der Waals surface area contributed by atoms with E-state index >= 15 is 0 Å². The molecule has 4 aromatic rings. The molecule has 0 spiro atoms. The first-order valence-corrected chi connectivity index (χ1v) is 16.3. The molecule has 3 amide bonds. The zero-order valence-corrected chi connectivity index (χ0v) is 27.0. The number of nitrogens with two attached hydrogens (primary N) is 1. The highest BCUT2D eigenvalue weighted by molar-refractivity contribution is 5.91. The van der Waals surface area contributed by atoms with Crippen LogP contribution < -0.4 is 11.1 Å². The minimum Gasteiger partial charge on any atom is -0.350 e. The maximum Gasteiger partial charge on any atom is 0.243 e. The maximum absolute atomic E-state index is 13.7. The minimum atomic E-state index is -0.838. The van der Waals surface area contributed by atoms with Crippen molar-refractivity contribution < 1.29 is 14.4 Å². The van der Waals surface area contributed by atoms with Crippen molar-refractivity contribution >= 4 is 28.6 Å². The lowest BCUT2D eigenvalue weighted by Crippen LogP contribution is -2.51. The molecule has 2 aromatic carbocycles. The predicted molar refractivity (Wildman–Crippen MR) is 176 cm³/mol. The summed E-state index contributed by atoms with van der Waals surface area (Å²) in [6.45, 7) is 4.30.